The van der Waals surface area contributed by atoms with E-state index in [2.05, 4.69) is 18.2 Å². The Morgan fingerprint density at radius 3 is 2.19 bits per heavy atom. The van der Waals surface area contributed by atoms with Crippen molar-refractivity contribution >= 4 is 0 Å². The van der Waals surface area contributed by atoms with Gasteiger partial charge in [0.2, 0.25) is 0 Å². The lowest BCUT2D eigenvalue weighted by Crippen LogP contribution is -2.20. The first-order valence-electron chi connectivity index (χ1n) is 8.95. The van der Waals surface area contributed by atoms with Crippen LogP contribution in [-0.2, 0) is 13.5 Å². The molecule has 2 N–H and O–H groups in total. The highest BCUT2D eigenvalue weighted by Crippen LogP contribution is 2.12. The molecule has 0 bridgehead atoms. The van der Waals surface area contributed by atoms with Crippen molar-refractivity contribution in [1.29, 1.82) is 0 Å². The van der Waals surface area contributed by atoms with E-state index in [0.717, 1.165) is 12.8 Å². The lowest BCUT2D eigenvalue weighted by molar-refractivity contribution is 0.506. The van der Waals surface area contributed by atoms with Crippen molar-refractivity contribution < 1.29 is 0 Å². The molecule has 0 aliphatic carbocycles. The normalized spacial score (nSPS) is 12.7. The molecule has 3 nitrogen and oxygen atoms in total. The van der Waals surface area contributed by atoms with Crippen molar-refractivity contribution in [3.05, 3.63) is 18.0 Å². The van der Waals surface area contributed by atoms with Crippen LogP contribution < -0.4 is 5.73 Å². The first kappa shape index (κ1) is 18.2. The lowest BCUT2D eigenvalue weighted by atomic mass is 10.0. The number of aryl methyl sites for hydroxylation is 2. The molecular weight excluding hydrogens is 258 g/mol. The topological polar surface area (TPSA) is 43.8 Å². The second kappa shape index (κ2) is 11.8. The fourth-order valence-corrected chi connectivity index (χ4v) is 2.81. The highest BCUT2D eigenvalue weighted by Gasteiger charge is 2.04. The van der Waals surface area contributed by atoms with Crippen LogP contribution in [0.3, 0.4) is 0 Å². The summed E-state index contributed by atoms with van der Waals surface area (Å²) in [6.07, 6.45) is 19.8. The third-order valence-electron chi connectivity index (χ3n) is 4.24. The van der Waals surface area contributed by atoms with Gasteiger partial charge in [-0.3, -0.25) is 4.68 Å². The van der Waals surface area contributed by atoms with Crippen molar-refractivity contribution in [3.63, 3.8) is 0 Å². The van der Waals surface area contributed by atoms with Crippen LogP contribution in [0.5, 0.6) is 0 Å². The fraction of sp³-hybridized carbons (Fsp3) is 0.833. The average molecular weight is 293 g/mol. The average Bonchev–Trinajstić information content (AvgIpc) is 2.89. The minimum Gasteiger partial charge on any atom is -0.328 e. The maximum absolute atomic E-state index is 6.20. The molecule has 0 aliphatic heterocycles. The Balaban J connectivity index is 1.88. The number of hydrogen-bond donors (Lipinski definition) is 1. The van der Waals surface area contributed by atoms with Gasteiger partial charge in [0.1, 0.15) is 0 Å². The van der Waals surface area contributed by atoms with Crippen molar-refractivity contribution in [2.45, 2.75) is 90.0 Å². The molecule has 0 amide bonds. The standard InChI is InChI=1S/C18H35N3/c1-3-4-5-6-7-8-9-10-11-12-18(19)14-13-17-15-20-21(2)16-17/h15-16,18H,3-14,19H2,1-2H3. The Kier molecular flexibility index (Phi) is 10.2. The number of unbranched alkanes of at least 4 members (excludes halogenated alkanes) is 8. The minimum absolute atomic E-state index is 0.356. The first-order chi connectivity index (χ1) is 10.2. The summed E-state index contributed by atoms with van der Waals surface area (Å²) in [4.78, 5) is 0. The second-order valence-corrected chi connectivity index (χ2v) is 6.44. The van der Waals surface area contributed by atoms with Gasteiger partial charge in [-0.15, -0.1) is 0 Å². The SMILES string of the molecule is CCCCCCCCCCCC(N)CCc1cnn(C)c1. The molecule has 1 unspecified atom stereocenters. The maximum atomic E-state index is 6.20. The molecule has 122 valence electrons. The van der Waals surface area contributed by atoms with Gasteiger partial charge in [-0.05, 0) is 24.8 Å². The minimum atomic E-state index is 0.356. The van der Waals surface area contributed by atoms with Crippen molar-refractivity contribution in [1.82, 2.24) is 9.78 Å². The number of hydrogen-bond acceptors (Lipinski definition) is 2. The number of aromatic nitrogens is 2. The zero-order valence-electron chi connectivity index (χ0n) is 14.2. The molecule has 1 aromatic heterocycles. The zero-order valence-corrected chi connectivity index (χ0v) is 14.2. The highest BCUT2D eigenvalue weighted by atomic mass is 15.2. The first-order valence-corrected chi connectivity index (χ1v) is 8.95. The van der Waals surface area contributed by atoms with E-state index in [4.69, 9.17) is 5.73 Å². The van der Waals surface area contributed by atoms with E-state index < -0.39 is 0 Å². The molecule has 21 heavy (non-hydrogen) atoms. The number of nitrogens with two attached hydrogens (primary N) is 1. The predicted octanol–water partition coefficient (Wildman–Crippen LogP) is 4.60. The summed E-state index contributed by atoms with van der Waals surface area (Å²) in [5, 5.41) is 4.19. The molecule has 0 saturated heterocycles. The summed E-state index contributed by atoms with van der Waals surface area (Å²) in [7, 11) is 1.96. The molecule has 0 saturated carbocycles. The van der Waals surface area contributed by atoms with Gasteiger partial charge in [-0.25, -0.2) is 0 Å². The van der Waals surface area contributed by atoms with Crippen LogP contribution in [0, 0.1) is 0 Å². The molecule has 0 fully saturated rings. The Morgan fingerprint density at radius 1 is 1.00 bits per heavy atom. The smallest absolute Gasteiger partial charge is 0.0521 e. The van der Waals surface area contributed by atoms with E-state index in [0.29, 0.717) is 6.04 Å². The van der Waals surface area contributed by atoms with Gasteiger partial charge in [-0.1, -0.05) is 64.7 Å². The third kappa shape index (κ3) is 9.67. The van der Waals surface area contributed by atoms with E-state index >= 15 is 0 Å². The zero-order chi connectivity index (χ0) is 15.3. The van der Waals surface area contributed by atoms with Crippen molar-refractivity contribution in [2.75, 3.05) is 0 Å². The summed E-state index contributed by atoms with van der Waals surface area (Å²) in [6.45, 7) is 2.28. The molecule has 0 spiro atoms. The monoisotopic (exact) mass is 293 g/mol. The molecule has 0 aromatic carbocycles. The number of rotatable bonds is 13. The summed E-state index contributed by atoms with van der Waals surface area (Å²) >= 11 is 0. The van der Waals surface area contributed by atoms with Gasteiger partial charge < -0.3 is 5.73 Å². The van der Waals surface area contributed by atoms with Gasteiger partial charge in [0.05, 0.1) is 6.20 Å². The summed E-state index contributed by atoms with van der Waals surface area (Å²) in [5.74, 6) is 0. The maximum Gasteiger partial charge on any atom is 0.0521 e. The molecule has 1 heterocycles. The summed E-state index contributed by atoms with van der Waals surface area (Å²) in [6, 6.07) is 0.356. The Hall–Kier alpha value is -0.830. The summed E-state index contributed by atoms with van der Waals surface area (Å²) in [5.41, 5.74) is 7.50. The van der Waals surface area contributed by atoms with Crippen LogP contribution in [-0.4, -0.2) is 15.8 Å². The number of nitrogens with zero attached hydrogens (tertiary/aromatic N) is 2. The van der Waals surface area contributed by atoms with Crippen molar-refractivity contribution in [3.8, 4) is 0 Å². The van der Waals surface area contributed by atoms with E-state index in [1.807, 2.05) is 17.9 Å². The largest absolute Gasteiger partial charge is 0.328 e. The van der Waals surface area contributed by atoms with E-state index in [9.17, 15) is 0 Å². The van der Waals surface area contributed by atoms with Crippen LogP contribution in [0.25, 0.3) is 0 Å². The van der Waals surface area contributed by atoms with Gasteiger partial charge in [-0.2, -0.15) is 5.10 Å². The van der Waals surface area contributed by atoms with E-state index in [1.165, 1.54) is 69.8 Å². The predicted molar refractivity (Wildman–Crippen MR) is 91.3 cm³/mol. The Morgan fingerprint density at radius 2 is 1.62 bits per heavy atom. The van der Waals surface area contributed by atoms with Crippen LogP contribution in [0.1, 0.15) is 83.1 Å². The highest BCUT2D eigenvalue weighted by molar-refractivity contribution is 5.03. The van der Waals surface area contributed by atoms with E-state index in [-0.39, 0.29) is 0 Å². The van der Waals surface area contributed by atoms with Crippen LogP contribution >= 0.6 is 0 Å². The Labute approximate surface area is 131 Å². The second-order valence-electron chi connectivity index (χ2n) is 6.44. The molecule has 1 atom stereocenters. The lowest BCUT2D eigenvalue weighted by Gasteiger charge is -2.10. The van der Waals surface area contributed by atoms with Gasteiger partial charge >= 0.3 is 0 Å². The summed E-state index contributed by atoms with van der Waals surface area (Å²) < 4.78 is 1.86. The molecule has 1 rings (SSSR count). The molecular formula is C18H35N3. The Bertz CT molecular complexity index is 346. The van der Waals surface area contributed by atoms with E-state index in [1.54, 1.807) is 0 Å². The molecule has 0 aliphatic rings. The van der Waals surface area contributed by atoms with Crippen molar-refractivity contribution in [2.24, 2.45) is 12.8 Å². The molecule has 3 heteroatoms. The fourth-order valence-electron chi connectivity index (χ4n) is 2.81. The van der Waals surface area contributed by atoms with Crippen LogP contribution in [0.2, 0.25) is 0 Å². The third-order valence-corrected chi connectivity index (χ3v) is 4.24. The van der Waals surface area contributed by atoms with Crippen LogP contribution in [0.15, 0.2) is 12.4 Å². The van der Waals surface area contributed by atoms with Crippen LogP contribution in [0.4, 0.5) is 0 Å². The van der Waals surface area contributed by atoms with Gasteiger partial charge in [0.25, 0.3) is 0 Å². The molecule has 0 radical (unpaired) electrons. The van der Waals surface area contributed by atoms with Gasteiger partial charge in [0.15, 0.2) is 0 Å². The molecule has 1 aromatic rings. The quantitative estimate of drug-likeness (QED) is 0.540. The van der Waals surface area contributed by atoms with Gasteiger partial charge in [0, 0.05) is 19.3 Å².